The van der Waals surface area contributed by atoms with Crippen molar-refractivity contribution in [2.75, 3.05) is 5.32 Å². The summed E-state index contributed by atoms with van der Waals surface area (Å²) < 4.78 is 29.5. The van der Waals surface area contributed by atoms with Gasteiger partial charge in [0.1, 0.15) is 21.9 Å². The largest absolute Gasteiger partial charge is 0.338 e. The first-order valence-corrected chi connectivity index (χ1v) is 7.92. The van der Waals surface area contributed by atoms with E-state index in [4.69, 9.17) is 0 Å². The van der Waals surface area contributed by atoms with Crippen molar-refractivity contribution in [2.45, 2.75) is 6.54 Å². The number of amides is 1. The number of carbonyl (C=O) groups excluding carboxylic acids is 1. The Hall–Kier alpha value is -2.54. The highest BCUT2D eigenvalue weighted by Gasteiger charge is 2.22. The van der Waals surface area contributed by atoms with E-state index in [1.807, 2.05) is 6.07 Å². The van der Waals surface area contributed by atoms with Gasteiger partial charge in [0.25, 0.3) is 5.91 Å². The van der Waals surface area contributed by atoms with Crippen molar-refractivity contribution in [3.8, 4) is 11.1 Å². The molecule has 0 spiro atoms. The van der Waals surface area contributed by atoms with Gasteiger partial charge >= 0.3 is 0 Å². The molecule has 0 bridgehead atoms. The Morgan fingerprint density at radius 1 is 1.21 bits per heavy atom. The van der Waals surface area contributed by atoms with Gasteiger partial charge in [0.2, 0.25) is 0 Å². The second-order valence-corrected chi connectivity index (χ2v) is 6.30. The Balaban J connectivity index is 1.82. The van der Waals surface area contributed by atoms with Crippen LogP contribution in [0.4, 0.5) is 14.5 Å². The summed E-state index contributed by atoms with van der Waals surface area (Å²) in [6.45, 7) is 0.438. The van der Waals surface area contributed by atoms with Gasteiger partial charge in [-0.3, -0.25) is 4.79 Å². The molecule has 0 aliphatic carbocycles. The van der Waals surface area contributed by atoms with Crippen molar-refractivity contribution in [3.05, 3.63) is 70.2 Å². The number of hydrogen-bond donors (Lipinski definition) is 1. The smallest absolute Gasteiger partial charge is 0.272 e. The van der Waals surface area contributed by atoms with E-state index in [0.717, 1.165) is 11.6 Å². The summed E-state index contributed by atoms with van der Waals surface area (Å²) >= 11 is 3.31. The van der Waals surface area contributed by atoms with Gasteiger partial charge in [0.15, 0.2) is 0 Å². The van der Waals surface area contributed by atoms with Gasteiger partial charge in [-0.25, -0.2) is 13.8 Å². The zero-order chi connectivity index (χ0) is 16.8. The number of halogens is 3. The fourth-order valence-electron chi connectivity index (χ4n) is 2.78. The first-order chi connectivity index (χ1) is 11.5. The molecular formula is C17H10BrF2N3O. The van der Waals surface area contributed by atoms with Gasteiger partial charge in [-0.2, -0.15) is 0 Å². The summed E-state index contributed by atoms with van der Waals surface area (Å²) in [7, 11) is 0. The van der Waals surface area contributed by atoms with Gasteiger partial charge in [0, 0.05) is 29.9 Å². The molecule has 1 N–H and O–H groups in total. The fraction of sp³-hybridized carbons (Fsp3) is 0.0588. The lowest BCUT2D eigenvalue weighted by atomic mass is 10.1. The van der Waals surface area contributed by atoms with E-state index in [0.29, 0.717) is 28.1 Å². The van der Waals surface area contributed by atoms with E-state index >= 15 is 0 Å². The number of fused-ring (bicyclic) bond motifs is 2. The van der Waals surface area contributed by atoms with Gasteiger partial charge in [-0.15, -0.1) is 0 Å². The first kappa shape index (κ1) is 15.0. The molecule has 0 radical (unpaired) electrons. The average Bonchev–Trinajstić information content (AvgIpc) is 2.88. The number of benzene rings is 1. The zero-order valence-electron chi connectivity index (χ0n) is 12.2. The van der Waals surface area contributed by atoms with Crippen molar-refractivity contribution in [1.29, 1.82) is 0 Å². The van der Waals surface area contributed by atoms with Gasteiger partial charge in [-0.1, -0.05) is 0 Å². The Kier molecular flexibility index (Phi) is 3.45. The van der Waals surface area contributed by atoms with Gasteiger partial charge in [-0.05, 0) is 45.8 Å². The maximum absolute atomic E-state index is 14.0. The summed E-state index contributed by atoms with van der Waals surface area (Å²) in [4.78, 5) is 16.5. The minimum Gasteiger partial charge on any atom is -0.338 e. The molecule has 120 valence electrons. The Morgan fingerprint density at radius 2 is 2.04 bits per heavy atom. The molecule has 0 fully saturated rings. The van der Waals surface area contributed by atoms with E-state index in [2.05, 4.69) is 26.2 Å². The van der Waals surface area contributed by atoms with Gasteiger partial charge < -0.3 is 9.88 Å². The predicted octanol–water partition coefficient (Wildman–Crippen LogP) is 4.20. The van der Waals surface area contributed by atoms with Gasteiger partial charge in [0.05, 0.1) is 11.9 Å². The van der Waals surface area contributed by atoms with Crippen LogP contribution in [0.3, 0.4) is 0 Å². The molecule has 7 heteroatoms. The highest BCUT2D eigenvalue weighted by molar-refractivity contribution is 9.10. The molecule has 4 nitrogen and oxygen atoms in total. The third-order valence-electron chi connectivity index (χ3n) is 3.92. The van der Waals surface area contributed by atoms with E-state index < -0.39 is 11.6 Å². The number of hydrogen-bond acceptors (Lipinski definition) is 2. The van der Waals surface area contributed by atoms with Crippen LogP contribution in [0.25, 0.3) is 11.1 Å². The van der Waals surface area contributed by atoms with E-state index in [-0.39, 0.29) is 11.5 Å². The summed E-state index contributed by atoms with van der Waals surface area (Å²) in [5.74, 6) is -1.60. The second-order valence-electron chi connectivity index (χ2n) is 5.48. The standard InChI is InChI=1S/C17H10BrF2N3O/c18-16-4-10-8-23-7-9(12-2-1-11(19)5-13(12)20)3-15(23)17(24)22-14(10)6-21-16/h1-7H,8H2,(H,22,24). The zero-order valence-corrected chi connectivity index (χ0v) is 13.8. The van der Waals surface area contributed by atoms with E-state index in [1.165, 1.54) is 12.1 Å². The SMILES string of the molecule is O=C1Nc2cnc(Br)cc2Cn2cc(-c3ccc(F)cc3F)cc21. The molecule has 1 amide bonds. The van der Waals surface area contributed by atoms with Crippen LogP contribution in [-0.4, -0.2) is 15.5 Å². The Bertz CT molecular complexity index is 984. The molecule has 1 aromatic carbocycles. The Morgan fingerprint density at radius 3 is 2.83 bits per heavy atom. The molecule has 0 unspecified atom stereocenters. The predicted molar refractivity (Wildman–Crippen MR) is 88.8 cm³/mol. The van der Waals surface area contributed by atoms with Crippen LogP contribution in [0.1, 0.15) is 16.1 Å². The highest BCUT2D eigenvalue weighted by atomic mass is 79.9. The van der Waals surface area contributed by atoms with Crippen molar-refractivity contribution < 1.29 is 13.6 Å². The molecule has 1 aliphatic rings. The number of pyridine rings is 1. The quantitative estimate of drug-likeness (QED) is 0.633. The van der Waals surface area contributed by atoms with E-state index in [9.17, 15) is 13.6 Å². The number of nitrogens with zero attached hydrogens (tertiary/aromatic N) is 2. The molecule has 0 saturated carbocycles. The highest BCUT2D eigenvalue weighted by Crippen LogP contribution is 2.30. The lowest BCUT2D eigenvalue weighted by Gasteiger charge is -2.06. The monoisotopic (exact) mass is 389 g/mol. The van der Waals surface area contributed by atoms with E-state index in [1.54, 1.807) is 23.0 Å². The fourth-order valence-corrected chi connectivity index (χ4v) is 3.16. The summed E-state index contributed by atoms with van der Waals surface area (Å²) in [5, 5.41) is 2.80. The first-order valence-electron chi connectivity index (χ1n) is 7.12. The maximum atomic E-state index is 14.0. The third-order valence-corrected chi connectivity index (χ3v) is 4.35. The summed E-state index contributed by atoms with van der Waals surface area (Å²) in [6, 6.07) is 6.81. The minimum absolute atomic E-state index is 0.251. The van der Waals surface area contributed by atoms with Crippen LogP contribution in [0.5, 0.6) is 0 Å². The molecule has 3 heterocycles. The Labute approximate surface area is 144 Å². The molecule has 0 atom stereocenters. The van der Waals surface area contributed by atoms with Crippen LogP contribution >= 0.6 is 15.9 Å². The summed E-state index contributed by atoms with van der Waals surface area (Å²) in [6.07, 6.45) is 3.28. The van der Waals surface area contributed by atoms with Crippen molar-refractivity contribution in [1.82, 2.24) is 9.55 Å². The molecule has 1 aliphatic heterocycles. The molecule has 0 saturated heterocycles. The van der Waals surface area contributed by atoms with Crippen LogP contribution < -0.4 is 5.32 Å². The van der Waals surface area contributed by atoms with Crippen molar-refractivity contribution in [2.24, 2.45) is 0 Å². The molecule has 2 aromatic heterocycles. The normalized spacial score (nSPS) is 13.0. The van der Waals surface area contributed by atoms with Crippen molar-refractivity contribution >= 4 is 27.5 Å². The minimum atomic E-state index is -0.663. The van der Waals surface area contributed by atoms with Crippen LogP contribution in [0, 0.1) is 11.6 Å². The molecule has 4 rings (SSSR count). The second kappa shape index (κ2) is 5.52. The van der Waals surface area contributed by atoms with Crippen LogP contribution in [-0.2, 0) is 6.54 Å². The number of anilines is 1. The molecular weight excluding hydrogens is 380 g/mol. The van der Waals surface area contributed by atoms with Crippen LogP contribution in [0.2, 0.25) is 0 Å². The lowest BCUT2D eigenvalue weighted by Crippen LogP contribution is -2.13. The third kappa shape index (κ3) is 2.50. The van der Waals surface area contributed by atoms with Crippen molar-refractivity contribution in [3.63, 3.8) is 0 Å². The number of nitrogens with one attached hydrogen (secondary N) is 1. The lowest BCUT2D eigenvalue weighted by molar-refractivity contribution is 0.102. The average molecular weight is 390 g/mol. The maximum Gasteiger partial charge on any atom is 0.272 e. The summed E-state index contributed by atoms with van der Waals surface area (Å²) in [5.41, 5.74) is 2.70. The number of aromatic nitrogens is 2. The topological polar surface area (TPSA) is 46.9 Å². The number of rotatable bonds is 1. The number of carbonyl (C=O) groups is 1. The van der Waals surface area contributed by atoms with Crippen LogP contribution in [0.15, 0.2) is 47.3 Å². The molecule has 3 aromatic rings. The molecule has 24 heavy (non-hydrogen) atoms.